The molecule has 0 radical (unpaired) electrons. The van der Waals surface area contributed by atoms with Crippen molar-refractivity contribution in [2.24, 2.45) is 0 Å². The maximum Gasteiger partial charge on any atom is 0.796 e. The third-order valence-corrected chi connectivity index (χ3v) is 4.06. The van der Waals surface area contributed by atoms with Gasteiger partial charge in [0.15, 0.2) is 5.78 Å². The third-order valence-electron chi connectivity index (χ3n) is 4.06. The molecule has 26 heavy (non-hydrogen) atoms. The molecule has 1 aliphatic rings. The first-order valence-corrected chi connectivity index (χ1v) is 8.32. The minimum atomic E-state index is -3.00. The highest BCUT2D eigenvalue weighted by atomic mass is 19.2. The number of anilines is 1. The molecule has 0 N–H and O–H groups in total. The van der Waals surface area contributed by atoms with E-state index in [-0.39, 0.29) is 5.76 Å². The Morgan fingerprint density at radius 2 is 1.65 bits per heavy atom. The van der Waals surface area contributed by atoms with Crippen molar-refractivity contribution in [3.63, 3.8) is 0 Å². The molecule has 3 rings (SSSR count). The van der Waals surface area contributed by atoms with Crippen LogP contribution in [0.3, 0.4) is 0 Å². The number of carbonyl (C=O) groups is 1. The number of morpholine rings is 1. The highest BCUT2D eigenvalue weighted by Gasteiger charge is 2.21. The van der Waals surface area contributed by atoms with E-state index in [0.29, 0.717) is 24.3 Å². The predicted octanol–water partition coefficient (Wildman–Crippen LogP) is 3.69. The van der Waals surface area contributed by atoms with Crippen LogP contribution in [0.1, 0.15) is 15.9 Å². The predicted molar refractivity (Wildman–Crippen MR) is 97.3 cm³/mol. The number of nitrogens with zero attached hydrogens (tertiary/aromatic N) is 1. The summed E-state index contributed by atoms with van der Waals surface area (Å²) >= 11 is 0. The van der Waals surface area contributed by atoms with Gasteiger partial charge >= 0.3 is 7.47 Å². The molecule has 7 heteroatoms. The van der Waals surface area contributed by atoms with Crippen molar-refractivity contribution in [2.75, 3.05) is 31.2 Å². The topological polar surface area (TPSA) is 38.8 Å². The van der Waals surface area contributed by atoms with Crippen LogP contribution in [0.2, 0.25) is 0 Å². The quantitative estimate of drug-likeness (QED) is 0.342. The van der Waals surface area contributed by atoms with Crippen LogP contribution in [0, 0.1) is 0 Å². The van der Waals surface area contributed by atoms with E-state index < -0.39 is 13.3 Å². The molecule has 0 amide bonds. The van der Waals surface area contributed by atoms with Crippen molar-refractivity contribution in [1.29, 1.82) is 0 Å². The molecule has 0 saturated carbocycles. The number of benzene rings is 2. The summed E-state index contributed by atoms with van der Waals surface area (Å²) in [6.45, 7) is 2.95. The number of ether oxygens (including phenoxy) is 1. The lowest BCUT2D eigenvalue weighted by molar-refractivity contribution is 0.104. The first-order valence-electron chi connectivity index (χ1n) is 8.32. The number of halogens is 2. The van der Waals surface area contributed by atoms with Crippen molar-refractivity contribution in [2.45, 2.75) is 0 Å². The van der Waals surface area contributed by atoms with Crippen LogP contribution in [0.4, 0.5) is 14.3 Å². The van der Waals surface area contributed by atoms with Gasteiger partial charge in [-0.15, -0.1) is 0 Å². The van der Waals surface area contributed by atoms with Gasteiger partial charge in [-0.1, -0.05) is 30.3 Å². The maximum atomic E-state index is 12.7. The summed E-state index contributed by atoms with van der Waals surface area (Å²) in [5.74, 6) is -0.541. The SMILES string of the molecule is O=C(/C=C(\OB(F)F)c1ccccc1)c1ccc(N2CCOCC2)cc1. The number of ketones is 1. The van der Waals surface area contributed by atoms with Gasteiger partial charge in [0.2, 0.25) is 0 Å². The molecule has 0 aliphatic carbocycles. The average molecular weight is 357 g/mol. The Morgan fingerprint density at radius 3 is 2.27 bits per heavy atom. The van der Waals surface area contributed by atoms with E-state index in [1.807, 2.05) is 12.1 Å². The van der Waals surface area contributed by atoms with Crippen molar-refractivity contribution in [3.8, 4) is 0 Å². The summed E-state index contributed by atoms with van der Waals surface area (Å²) in [5, 5.41) is 0. The van der Waals surface area contributed by atoms with Crippen LogP contribution < -0.4 is 4.90 Å². The second-order valence-corrected chi connectivity index (χ2v) is 5.76. The van der Waals surface area contributed by atoms with Gasteiger partial charge in [-0.3, -0.25) is 4.79 Å². The standard InChI is InChI=1S/C19H18BF2NO3/c21-20(22)26-19(16-4-2-1-3-5-16)14-18(24)15-6-8-17(9-7-15)23-10-12-25-13-11-23/h1-9,14H,10-13H2/b19-14-. The van der Waals surface area contributed by atoms with Crippen molar-refractivity contribution < 1.29 is 22.8 Å². The lowest BCUT2D eigenvalue weighted by Crippen LogP contribution is -2.36. The van der Waals surface area contributed by atoms with E-state index in [4.69, 9.17) is 4.74 Å². The Bertz CT molecular complexity index is 760. The Balaban J connectivity index is 1.78. The van der Waals surface area contributed by atoms with Crippen LogP contribution in [0.5, 0.6) is 0 Å². The molecule has 0 unspecified atom stereocenters. The van der Waals surface area contributed by atoms with Gasteiger partial charge in [-0.05, 0) is 24.3 Å². The molecule has 2 aromatic carbocycles. The second-order valence-electron chi connectivity index (χ2n) is 5.76. The molecular weight excluding hydrogens is 339 g/mol. The normalized spacial score (nSPS) is 14.8. The van der Waals surface area contributed by atoms with Gasteiger partial charge in [0.1, 0.15) is 5.76 Å². The minimum absolute atomic E-state index is 0.150. The first-order chi connectivity index (χ1) is 12.6. The van der Waals surface area contributed by atoms with Crippen LogP contribution in [0.25, 0.3) is 5.76 Å². The number of rotatable bonds is 6. The van der Waals surface area contributed by atoms with E-state index in [0.717, 1.165) is 24.9 Å². The zero-order valence-electron chi connectivity index (χ0n) is 14.1. The second kappa shape index (κ2) is 8.62. The summed E-state index contributed by atoms with van der Waals surface area (Å²) in [6, 6.07) is 15.5. The van der Waals surface area contributed by atoms with Gasteiger partial charge in [0, 0.05) is 36.0 Å². The summed E-state index contributed by atoms with van der Waals surface area (Å²) in [4.78, 5) is 14.6. The molecule has 1 fully saturated rings. The average Bonchev–Trinajstić information content (AvgIpc) is 2.68. The molecule has 134 valence electrons. The largest absolute Gasteiger partial charge is 0.796 e. The lowest BCUT2D eigenvalue weighted by Gasteiger charge is -2.28. The number of allylic oxidation sites excluding steroid dienone is 1. The van der Waals surface area contributed by atoms with Crippen LogP contribution >= 0.6 is 0 Å². The highest BCUT2D eigenvalue weighted by Crippen LogP contribution is 2.21. The molecule has 0 atom stereocenters. The summed E-state index contributed by atoms with van der Waals surface area (Å²) < 4.78 is 35.2. The van der Waals surface area contributed by atoms with Gasteiger partial charge in [0.25, 0.3) is 0 Å². The molecule has 1 heterocycles. The summed E-state index contributed by atoms with van der Waals surface area (Å²) in [6.07, 6.45) is 1.10. The van der Waals surface area contributed by atoms with Crippen molar-refractivity contribution in [1.82, 2.24) is 0 Å². The zero-order chi connectivity index (χ0) is 18.4. The Kier molecular flexibility index (Phi) is 6.02. The van der Waals surface area contributed by atoms with Gasteiger partial charge in [-0.2, -0.15) is 0 Å². The third kappa shape index (κ3) is 4.70. The highest BCUT2D eigenvalue weighted by molar-refractivity contribution is 6.36. The fourth-order valence-electron chi connectivity index (χ4n) is 2.74. The van der Waals surface area contributed by atoms with Crippen LogP contribution in [0.15, 0.2) is 60.7 Å². The molecule has 4 nitrogen and oxygen atoms in total. The van der Waals surface area contributed by atoms with Crippen molar-refractivity contribution >= 4 is 24.7 Å². The molecule has 0 aromatic heterocycles. The van der Waals surface area contributed by atoms with E-state index in [9.17, 15) is 13.4 Å². The molecule has 1 saturated heterocycles. The fraction of sp³-hybridized carbons (Fsp3) is 0.211. The first kappa shape index (κ1) is 18.1. The number of hydrogen-bond acceptors (Lipinski definition) is 4. The van der Waals surface area contributed by atoms with E-state index in [2.05, 4.69) is 9.55 Å². The summed E-state index contributed by atoms with van der Waals surface area (Å²) in [5.41, 5.74) is 1.83. The maximum absolute atomic E-state index is 12.7. The Hall–Kier alpha value is -2.67. The molecule has 0 bridgehead atoms. The number of carbonyl (C=O) groups excluding carboxylic acids is 1. The van der Waals surface area contributed by atoms with Crippen LogP contribution in [-0.4, -0.2) is 39.6 Å². The molecule has 1 aliphatic heterocycles. The smallest absolute Gasteiger partial charge is 0.505 e. The summed E-state index contributed by atoms with van der Waals surface area (Å²) in [7, 11) is -3.00. The Labute approximate surface area is 151 Å². The van der Waals surface area contributed by atoms with E-state index in [1.165, 1.54) is 0 Å². The van der Waals surface area contributed by atoms with Crippen LogP contribution in [-0.2, 0) is 9.39 Å². The van der Waals surface area contributed by atoms with Gasteiger partial charge < -0.3 is 14.3 Å². The minimum Gasteiger partial charge on any atom is -0.505 e. The van der Waals surface area contributed by atoms with Crippen molar-refractivity contribution in [3.05, 3.63) is 71.8 Å². The lowest BCUT2D eigenvalue weighted by atomic mass is 10.1. The van der Waals surface area contributed by atoms with Gasteiger partial charge in [0.05, 0.1) is 13.2 Å². The monoisotopic (exact) mass is 357 g/mol. The number of hydrogen-bond donors (Lipinski definition) is 0. The fourth-order valence-corrected chi connectivity index (χ4v) is 2.74. The zero-order valence-corrected chi connectivity index (χ0v) is 14.1. The Morgan fingerprint density at radius 1 is 1.00 bits per heavy atom. The van der Waals surface area contributed by atoms with E-state index in [1.54, 1.807) is 42.5 Å². The van der Waals surface area contributed by atoms with Gasteiger partial charge in [-0.25, -0.2) is 8.63 Å². The molecular formula is C19H18BF2NO3. The molecule has 2 aromatic rings. The molecule has 0 spiro atoms. The van der Waals surface area contributed by atoms with E-state index >= 15 is 0 Å².